The summed E-state index contributed by atoms with van der Waals surface area (Å²) in [5, 5.41) is 0. The van der Waals surface area contributed by atoms with Crippen LogP contribution in [0.2, 0.25) is 0 Å². The average Bonchev–Trinajstić information content (AvgIpc) is 2.97. The van der Waals surface area contributed by atoms with Gasteiger partial charge in [-0.25, -0.2) is 0 Å². The van der Waals surface area contributed by atoms with E-state index >= 15 is 0 Å². The Balaban J connectivity index is 1.82. The third-order valence-corrected chi connectivity index (χ3v) is 3.93. The Bertz CT molecular complexity index is 514. The van der Waals surface area contributed by atoms with Crippen LogP contribution in [0, 0.1) is 5.92 Å². The van der Waals surface area contributed by atoms with Crippen LogP contribution in [0.1, 0.15) is 32.6 Å². The van der Waals surface area contributed by atoms with Crippen molar-refractivity contribution in [3.63, 3.8) is 0 Å². The van der Waals surface area contributed by atoms with Gasteiger partial charge in [-0.1, -0.05) is 13.3 Å². The van der Waals surface area contributed by atoms with Gasteiger partial charge in [0.15, 0.2) is 0 Å². The maximum atomic E-state index is 11.6. The molecule has 0 aliphatic carbocycles. The predicted octanol–water partition coefficient (Wildman–Crippen LogP) is 1.03. The van der Waals surface area contributed by atoms with Gasteiger partial charge in [-0.15, -0.1) is 0 Å². The summed E-state index contributed by atoms with van der Waals surface area (Å²) in [5.41, 5.74) is 0. The number of hydrogen-bond acceptors (Lipinski definition) is 4. The molecule has 6 nitrogen and oxygen atoms in total. The van der Waals surface area contributed by atoms with E-state index in [2.05, 4.69) is 6.92 Å². The van der Waals surface area contributed by atoms with E-state index in [1.165, 1.54) is 34.1 Å². The van der Waals surface area contributed by atoms with Crippen molar-refractivity contribution >= 4 is 23.6 Å². The summed E-state index contributed by atoms with van der Waals surface area (Å²) in [7, 11) is 0. The Morgan fingerprint density at radius 1 is 0.818 bits per heavy atom. The van der Waals surface area contributed by atoms with E-state index in [-0.39, 0.29) is 29.5 Å². The summed E-state index contributed by atoms with van der Waals surface area (Å²) in [6.45, 7) is 2.83. The lowest BCUT2D eigenvalue weighted by Gasteiger charge is -2.23. The third kappa shape index (κ3) is 3.69. The summed E-state index contributed by atoms with van der Waals surface area (Å²) in [6, 6.07) is 0. The minimum absolute atomic E-state index is 0.193. The van der Waals surface area contributed by atoms with Gasteiger partial charge in [-0.05, 0) is 25.2 Å². The third-order valence-electron chi connectivity index (χ3n) is 3.93. The van der Waals surface area contributed by atoms with E-state index in [1.807, 2.05) is 0 Å². The molecular weight excluding hydrogens is 284 g/mol. The fraction of sp³-hybridized carbons (Fsp3) is 0.500. The van der Waals surface area contributed by atoms with Gasteiger partial charge >= 0.3 is 0 Å². The normalized spacial score (nSPS) is 19.0. The second kappa shape index (κ2) is 7.15. The summed E-state index contributed by atoms with van der Waals surface area (Å²) in [6.07, 6.45) is 8.43. The Morgan fingerprint density at radius 2 is 1.32 bits per heavy atom. The molecule has 2 heterocycles. The van der Waals surface area contributed by atoms with Crippen molar-refractivity contribution in [2.45, 2.75) is 32.6 Å². The lowest BCUT2D eigenvalue weighted by Crippen LogP contribution is -2.35. The van der Waals surface area contributed by atoms with Crippen molar-refractivity contribution < 1.29 is 19.2 Å². The molecule has 1 atom stereocenters. The van der Waals surface area contributed by atoms with E-state index in [4.69, 9.17) is 0 Å². The molecule has 0 N–H and O–H groups in total. The summed E-state index contributed by atoms with van der Waals surface area (Å²) < 4.78 is 0. The van der Waals surface area contributed by atoms with Gasteiger partial charge in [0.05, 0.1) is 0 Å². The number of hydrogen-bond donors (Lipinski definition) is 0. The number of rotatable bonds is 8. The molecule has 2 aliphatic heterocycles. The monoisotopic (exact) mass is 304 g/mol. The van der Waals surface area contributed by atoms with Crippen LogP contribution in [-0.4, -0.2) is 46.5 Å². The average molecular weight is 304 g/mol. The first-order valence-electron chi connectivity index (χ1n) is 7.60. The molecule has 118 valence electrons. The van der Waals surface area contributed by atoms with Crippen LogP contribution in [0.15, 0.2) is 24.3 Å². The smallest absolute Gasteiger partial charge is 0.253 e. The van der Waals surface area contributed by atoms with Crippen LogP contribution in [0.3, 0.4) is 0 Å². The van der Waals surface area contributed by atoms with E-state index in [9.17, 15) is 19.2 Å². The minimum atomic E-state index is -0.272. The molecule has 2 rings (SSSR count). The van der Waals surface area contributed by atoms with Gasteiger partial charge in [-0.3, -0.25) is 29.0 Å². The van der Waals surface area contributed by atoms with Crippen LogP contribution in [-0.2, 0) is 19.2 Å². The molecule has 4 amide bonds. The maximum absolute atomic E-state index is 11.6. The number of carbonyl (C=O) groups excluding carboxylic acids is 4. The lowest BCUT2D eigenvalue weighted by atomic mass is 9.97. The number of amides is 4. The predicted molar refractivity (Wildman–Crippen MR) is 79.4 cm³/mol. The van der Waals surface area contributed by atoms with Gasteiger partial charge in [0, 0.05) is 37.4 Å². The Labute approximate surface area is 129 Å². The lowest BCUT2D eigenvalue weighted by molar-refractivity contribution is -0.138. The topological polar surface area (TPSA) is 74.8 Å². The second-order valence-electron chi connectivity index (χ2n) is 5.58. The Morgan fingerprint density at radius 3 is 1.82 bits per heavy atom. The molecule has 0 radical (unpaired) electrons. The number of imide groups is 2. The van der Waals surface area contributed by atoms with Gasteiger partial charge in [0.1, 0.15) is 0 Å². The summed E-state index contributed by atoms with van der Waals surface area (Å²) in [5.74, 6) is -0.878. The van der Waals surface area contributed by atoms with Crippen molar-refractivity contribution in [2.24, 2.45) is 5.92 Å². The quantitative estimate of drug-likeness (QED) is 0.628. The van der Waals surface area contributed by atoms with Crippen LogP contribution in [0.5, 0.6) is 0 Å². The second-order valence-corrected chi connectivity index (χ2v) is 5.58. The fourth-order valence-electron chi connectivity index (χ4n) is 2.79. The molecule has 0 aromatic heterocycles. The zero-order valence-electron chi connectivity index (χ0n) is 12.7. The molecule has 0 saturated heterocycles. The first kappa shape index (κ1) is 16.1. The first-order chi connectivity index (χ1) is 10.5. The van der Waals surface area contributed by atoms with Crippen LogP contribution < -0.4 is 0 Å². The van der Waals surface area contributed by atoms with Crippen molar-refractivity contribution in [3.8, 4) is 0 Å². The standard InChI is InChI=1S/C16H20N2O4/c1-2-4-12(11-18-15(21)8-9-16(18)22)5-3-10-17-13(19)6-7-14(17)20/h6-9,12H,2-5,10-11H2,1H3. The highest BCUT2D eigenvalue weighted by Gasteiger charge is 2.27. The fourth-order valence-corrected chi connectivity index (χ4v) is 2.79. The zero-order chi connectivity index (χ0) is 16.1. The summed E-state index contributed by atoms with van der Waals surface area (Å²) in [4.78, 5) is 48.6. The largest absolute Gasteiger partial charge is 0.275 e. The molecule has 0 fully saturated rings. The number of carbonyl (C=O) groups is 4. The molecule has 2 aliphatic rings. The van der Waals surface area contributed by atoms with Gasteiger partial charge in [-0.2, -0.15) is 0 Å². The highest BCUT2D eigenvalue weighted by atomic mass is 16.2. The van der Waals surface area contributed by atoms with Crippen LogP contribution in [0.25, 0.3) is 0 Å². The number of nitrogens with zero attached hydrogens (tertiary/aromatic N) is 2. The Hall–Kier alpha value is -2.24. The SMILES string of the molecule is CCCC(CCCN1C(=O)C=CC1=O)CN1C(=O)C=CC1=O. The van der Waals surface area contributed by atoms with Crippen molar-refractivity contribution in [3.05, 3.63) is 24.3 Å². The maximum Gasteiger partial charge on any atom is 0.253 e. The molecule has 0 bridgehead atoms. The molecule has 0 spiro atoms. The van der Waals surface area contributed by atoms with Gasteiger partial charge in [0.25, 0.3) is 23.6 Å². The molecule has 22 heavy (non-hydrogen) atoms. The van der Waals surface area contributed by atoms with Gasteiger partial charge < -0.3 is 0 Å². The first-order valence-corrected chi connectivity index (χ1v) is 7.60. The molecular formula is C16H20N2O4. The van der Waals surface area contributed by atoms with Crippen LogP contribution >= 0.6 is 0 Å². The van der Waals surface area contributed by atoms with E-state index in [0.717, 1.165) is 19.3 Å². The van der Waals surface area contributed by atoms with Crippen molar-refractivity contribution in [1.29, 1.82) is 0 Å². The zero-order valence-corrected chi connectivity index (χ0v) is 12.7. The molecule has 1 unspecified atom stereocenters. The summed E-state index contributed by atoms with van der Waals surface area (Å²) >= 11 is 0. The molecule has 6 heteroatoms. The Kier molecular flexibility index (Phi) is 5.25. The van der Waals surface area contributed by atoms with Crippen molar-refractivity contribution in [2.75, 3.05) is 13.1 Å². The molecule has 0 saturated carbocycles. The highest BCUT2D eigenvalue weighted by molar-refractivity contribution is 6.13. The van der Waals surface area contributed by atoms with Crippen LogP contribution in [0.4, 0.5) is 0 Å². The van der Waals surface area contributed by atoms with E-state index in [1.54, 1.807) is 0 Å². The molecule has 0 aromatic carbocycles. The van der Waals surface area contributed by atoms with Gasteiger partial charge in [0.2, 0.25) is 0 Å². The highest BCUT2D eigenvalue weighted by Crippen LogP contribution is 2.18. The van der Waals surface area contributed by atoms with E-state index in [0.29, 0.717) is 19.5 Å². The van der Waals surface area contributed by atoms with E-state index < -0.39 is 0 Å². The minimum Gasteiger partial charge on any atom is -0.275 e. The molecule has 0 aromatic rings. The van der Waals surface area contributed by atoms with Crippen molar-refractivity contribution in [1.82, 2.24) is 9.80 Å².